The first-order valence-electron chi connectivity index (χ1n) is 9.06. The van der Waals surface area contributed by atoms with Crippen LogP contribution in [0.15, 0.2) is 110 Å². The molecule has 0 spiro atoms. The highest BCUT2D eigenvalue weighted by molar-refractivity contribution is 5.49. The average molecular weight is 398 g/mol. The summed E-state index contributed by atoms with van der Waals surface area (Å²) in [7, 11) is 0. The Labute approximate surface area is 174 Å². The molecule has 150 valence electrons. The van der Waals surface area contributed by atoms with Crippen LogP contribution in [0.3, 0.4) is 0 Å². The minimum absolute atomic E-state index is 0. The number of aromatic nitrogens is 2. The van der Waals surface area contributed by atoms with Gasteiger partial charge in [-0.05, 0) is 55.5 Å². The van der Waals surface area contributed by atoms with Crippen LogP contribution in [0.1, 0.15) is 13.1 Å². The van der Waals surface area contributed by atoms with Gasteiger partial charge in [0.05, 0.1) is 28.4 Å². The van der Waals surface area contributed by atoms with E-state index in [2.05, 4.69) is 25.6 Å². The molecule has 0 aliphatic heterocycles. The summed E-state index contributed by atoms with van der Waals surface area (Å²) in [5, 5.41) is 19.7. The lowest BCUT2D eigenvalue weighted by molar-refractivity contribution is 0.835. The first-order valence-corrected chi connectivity index (χ1v) is 9.06. The average Bonchev–Trinajstić information content (AvgIpc) is 3.06. The first kappa shape index (κ1) is 20.6. The lowest BCUT2D eigenvalue weighted by atomic mass is 10.3. The summed E-state index contributed by atoms with van der Waals surface area (Å²) in [6, 6.07) is 26.0. The molecule has 30 heavy (non-hydrogen) atoms. The van der Waals surface area contributed by atoms with E-state index in [1.165, 1.54) is 4.68 Å². The second-order valence-corrected chi connectivity index (χ2v) is 6.31. The zero-order valence-electron chi connectivity index (χ0n) is 15.7. The predicted molar refractivity (Wildman–Crippen MR) is 119 cm³/mol. The van der Waals surface area contributed by atoms with Gasteiger partial charge < -0.3 is 0 Å². The fourth-order valence-electron chi connectivity index (χ4n) is 2.72. The van der Waals surface area contributed by atoms with E-state index in [9.17, 15) is 4.79 Å². The number of hydrogen-bond donors (Lipinski definition) is 1. The number of benzene rings is 3. The van der Waals surface area contributed by atoms with Gasteiger partial charge in [0.25, 0.3) is 5.56 Å². The summed E-state index contributed by atoms with van der Waals surface area (Å²) < 4.78 is 1.46. The van der Waals surface area contributed by atoms with Crippen LogP contribution >= 0.6 is 0 Å². The monoisotopic (exact) mass is 398 g/mol. The molecule has 1 heterocycles. The van der Waals surface area contributed by atoms with Crippen LogP contribution in [0, 0.1) is 6.92 Å². The number of H-pyrrole nitrogens is 1. The smallest absolute Gasteiger partial charge is 0.293 e. The van der Waals surface area contributed by atoms with E-state index in [1.807, 2.05) is 60.7 Å². The summed E-state index contributed by atoms with van der Waals surface area (Å²) in [5.41, 5.74) is 3.54. The molecule has 0 saturated heterocycles. The van der Waals surface area contributed by atoms with Gasteiger partial charge in [-0.25, -0.2) is 4.68 Å². The maximum absolute atomic E-state index is 12.6. The molecule has 0 fully saturated rings. The van der Waals surface area contributed by atoms with Crippen LogP contribution in [0.4, 0.5) is 22.7 Å². The maximum atomic E-state index is 12.6. The molecule has 0 bridgehead atoms. The van der Waals surface area contributed by atoms with Crippen LogP contribution in [0.2, 0.25) is 0 Å². The Kier molecular flexibility index (Phi) is 6.44. The summed E-state index contributed by atoms with van der Waals surface area (Å²) in [4.78, 5) is 12.6. The SMILES string of the molecule is C.Cc1[nH]n(-c2ccccc2)c(=O)c1N=Nc1ccc(N=Nc2ccccc2)cc1. The molecular weight excluding hydrogens is 376 g/mol. The Morgan fingerprint density at radius 3 is 1.70 bits per heavy atom. The fraction of sp³-hybridized carbons (Fsp3) is 0.0870. The Hall–Kier alpha value is -4.13. The number of nitrogens with zero attached hydrogens (tertiary/aromatic N) is 5. The van der Waals surface area contributed by atoms with Gasteiger partial charge in [0.15, 0.2) is 5.69 Å². The summed E-state index contributed by atoms with van der Waals surface area (Å²) in [6.45, 7) is 1.79. The normalized spacial score (nSPS) is 11.1. The molecule has 0 radical (unpaired) electrons. The second-order valence-electron chi connectivity index (χ2n) is 6.31. The quantitative estimate of drug-likeness (QED) is 0.363. The van der Waals surface area contributed by atoms with E-state index >= 15 is 0 Å². The fourth-order valence-corrected chi connectivity index (χ4v) is 2.72. The lowest BCUT2D eigenvalue weighted by Gasteiger charge is -1.99. The van der Waals surface area contributed by atoms with Crippen molar-refractivity contribution in [1.82, 2.24) is 9.78 Å². The number of azo groups is 2. The van der Waals surface area contributed by atoms with Crippen molar-refractivity contribution in [2.45, 2.75) is 14.4 Å². The largest absolute Gasteiger partial charge is 0.299 e. The van der Waals surface area contributed by atoms with Crippen molar-refractivity contribution in [1.29, 1.82) is 0 Å². The summed E-state index contributed by atoms with van der Waals surface area (Å²) in [5.74, 6) is 0. The first-order chi connectivity index (χ1) is 14.2. The minimum atomic E-state index is -0.245. The predicted octanol–water partition coefficient (Wildman–Crippen LogP) is 6.94. The van der Waals surface area contributed by atoms with Gasteiger partial charge in [0.2, 0.25) is 0 Å². The van der Waals surface area contributed by atoms with E-state index in [4.69, 9.17) is 0 Å². The molecule has 1 N–H and O–H groups in total. The summed E-state index contributed by atoms with van der Waals surface area (Å²) in [6.07, 6.45) is 0. The Bertz CT molecular complexity index is 1210. The van der Waals surface area contributed by atoms with Crippen molar-refractivity contribution in [3.8, 4) is 5.69 Å². The van der Waals surface area contributed by atoms with Crippen LogP contribution in [-0.2, 0) is 0 Å². The van der Waals surface area contributed by atoms with Crippen molar-refractivity contribution < 1.29 is 0 Å². The molecule has 0 saturated carbocycles. The zero-order chi connectivity index (χ0) is 20.1. The minimum Gasteiger partial charge on any atom is -0.293 e. The van der Waals surface area contributed by atoms with E-state index in [0.29, 0.717) is 17.1 Å². The molecule has 0 amide bonds. The number of aromatic amines is 1. The number of nitrogens with one attached hydrogen (secondary N) is 1. The standard InChI is InChI=1S/C22H18N6O.CH4/c1-16-21(22(29)28(27-16)20-10-6-3-7-11-20)26-25-19-14-12-18(13-15-19)24-23-17-8-4-2-5-9-17;/h2-15,27H,1H3;1H4. The topological polar surface area (TPSA) is 87.2 Å². The van der Waals surface area contributed by atoms with Gasteiger partial charge in [0, 0.05) is 0 Å². The molecule has 4 aromatic rings. The van der Waals surface area contributed by atoms with Crippen molar-refractivity contribution in [2.24, 2.45) is 20.5 Å². The highest BCUT2D eigenvalue weighted by Gasteiger charge is 2.11. The Balaban J connectivity index is 0.00000256. The van der Waals surface area contributed by atoms with Crippen molar-refractivity contribution in [2.75, 3.05) is 0 Å². The molecule has 1 aromatic heterocycles. The highest BCUT2D eigenvalue weighted by atomic mass is 16.1. The third-order valence-electron chi connectivity index (χ3n) is 4.21. The number of para-hydroxylation sites is 1. The third-order valence-corrected chi connectivity index (χ3v) is 4.21. The second kappa shape index (κ2) is 9.38. The van der Waals surface area contributed by atoms with E-state index in [-0.39, 0.29) is 18.7 Å². The van der Waals surface area contributed by atoms with Gasteiger partial charge in [-0.15, -0.1) is 5.11 Å². The van der Waals surface area contributed by atoms with E-state index < -0.39 is 0 Å². The van der Waals surface area contributed by atoms with Crippen LogP contribution in [0.5, 0.6) is 0 Å². The molecular formula is C23H22N6O. The maximum Gasteiger partial charge on any atom is 0.299 e. The van der Waals surface area contributed by atoms with Gasteiger partial charge in [0.1, 0.15) is 0 Å². The highest BCUT2D eigenvalue weighted by Crippen LogP contribution is 2.23. The molecule has 4 rings (SSSR count). The van der Waals surface area contributed by atoms with Gasteiger partial charge >= 0.3 is 0 Å². The number of rotatable bonds is 5. The van der Waals surface area contributed by atoms with Gasteiger partial charge in [-0.1, -0.05) is 43.8 Å². The van der Waals surface area contributed by atoms with Crippen LogP contribution in [0.25, 0.3) is 5.69 Å². The Morgan fingerprint density at radius 1 is 0.667 bits per heavy atom. The molecule has 0 aliphatic rings. The number of hydrogen-bond acceptors (Lipinski definition) is 5. The number of aryl methyl sites for hydroxylation is 1. The van der Waals surface area contributed by atoms with Crippen molar-refractivity contribution in [3.05, 3.63) is 101 Å². The Morgan fingerprint density at radius 2 is 1.13 bits per heavy atom. The van der Waals surface area contributed by atoms with Gasteiger partial charge in [-0.2, -0.15) is 15.3 Å². The summed E-state index contributed by atoms with van der Waals surface area (Å²) >= 11 is 0. The van der Waals surface area contributed by atoms with E-state index in [0.717, 1.165) is 11.4 Å². The zero-order valence-corrected chi connectivity index (χ0v) is 15.7. The van der Waals surface area contributed by atoms with Gasteiger partial charge in [-0.3, -0.25) is 9.89 Å². The van der Waals surface area contributed by atoms with Crippen LogP contribution < -0.4 is 5.56 Å². The van der Waals surface area contributed by atoms with Crippen molar-refractivity contribution >= 4 is 22.7 Å². The van der Waals surface area contributed by atoms with E-state index in [1.54, 1.807) is 31.2 Å². The lowest BCUT2D eigenvalue weighted by Crippen LogP contribution is -2.13. The van der Waals surface area contributed by atoms with Crippen LogP contribution in [-0.4, -0.2) is 9.78 Å². The molecule has 3 aromatic carbocycles. The molecule has 7 nitrogen and oxygen atoms in total. The van der Waals surface area contributed by atoms with Crippen molar-refractivity contribution in [3.63, 3.8) is 0 Å². The third kappa shape index (κ3) is 4.64. The molecule has 0 atom stereocenters. The molecule has 0 aliphatic carbocycles. The molecule has 7 heteroatoms. The molecule has 0 unspecified atom stereocenters.